The smallest absolute Gasteiger partial charge is 0.128 e. The molecule has 19 heavy (non-hydrogen) atoms. The van der Waals surface area contributed by atoms with Crippen molar-refractivity contribution in [3.8, 4) is 0 Å². The Kier molecular flexibility index (Phi) is 5.79. The molecule has 0 aliphatic carbocycles. The first-order valence-corrected chi connectivity index (χ1v) is 7.85. The molecule has 2 rings (SSSR count). The van der Waals surface area contributed by atoms with Crippen molar-refractivity contribution in [2.75, 3.05) is 26.2 Å². The maximum atomic E-state index is 13.9. The van der Waals surface area contributed by atoms with Crippen LogP contribution in [0.5, 0.6) is 0 Å². The van der Waals surface area contributed by atoms with Crippen LogP contribution in [0.4, 0.5) is 4.39 Å². The fourth-order valence-electron chi connectivity index (χ4n) is 2.63. The Labute approximate surface area is 123 Å². The second-order valence-electron chi connectivity index (χ2n) is 5.26. The van der Waals surface area contributed by atoms with E-state index < -0.39 is 0 Å². The molecule has 1 heterocycles. The van der Waals surface area contributed by atoms with E-state index in [1.807, 2.05) is 12.1 Å². The van der Waals surface area contributed by atoms with Crippen molar-refractivity contribution < 1.29 is 4.39 Å². The van der Waals surface area contributed by atoms with Gasteiger partial charge in [0.15, 0.2) is 0 Å². The first-order valence-electron chi connectivity index (χ1n) is 7.06. The first-order chi connectivity index (χ1) is 9.19. The van der Waals surface area contributed by atoms with Gasteiger partial charge in [-0.15, -0.1) is 0 Å². The number of hydrogen-bond donors (Lipinski definition) is 1. The molecule has 4 heteroatoms. The number of benzene rings is 1. The van der Waals surface area contributed by atoms with Crippen LogP contribution < -0.4 is 5.32 Å². The Balaban J connectivity index is 1.94. The van der Waals surface area contributed by atoms with Gasteiger partial charge >= 0.3 is 0 Å². The van der Waals surface area contributed by atoms with E-state index in [9.17, 15) is 4.39 Å². The van der Waals surface area contributed by atoms with Crippen LogP contribution in [0.15, 0.2) is 22.7 Å². The van der Waals surface area contributed by atoms with Gasteiger partial charge < -0.3 is 5.32 Å². The van der Waals surface area contributed by atoms with Gasteiger partial charge in [0, 0.05) is 23.1 Å². The molecule has 106 valence electrons. The van der Waals surface area contributed by atoms with E-state index in [1.54, 1.807) is 6.07 Å². The lowest BCUT2D eigenvalue weighted by Gasteiger charge is -2.29. The Morgan fingerprint density at radius 1 is 1.37 bits per heavy atom. The normalized spacial score (nSPS) is 17.1. The molecule has 1 aliphatic heterocycles. The molecule has 2 nitrogen and oxygen atoms in total. The monoisotopic (exact) mass is 328 g/mol. The van der Waals surface area contributed by atoms with Gasteiger partial charge in [0.25, 0.3) is 0 Å². The molecule has 0 atom stereocenters. The number of piperidine rings is 1. The second-order valence-corrected chi connectivity index (χ2v) is 6.17. The molecule has 0 bridgehead atoms. The van der Waals surface area contributed by atoms with Gasteiger partial charge in [-0.05, 0) is 50.5 Å². The summed E-state index contributed by atoms with van der Waals surface area (Å²) in [6.07, 6.45) is 2.47. The molecule has 1 saturated heterocycles. The maximum absolute atomic E-state index is 13.9. The Bertz CT molecular complexity index is 405. The summed E-state index contributed by atoms with van der Waals surface area (Å²) >= 11 is 3.30. The zero-order valence-corrected chi connectivity index (χ0v) is 13.0. The van der Waals surface area contributed by atoms with E-state index >= 15 is 0 Å². The molecule has 1 N–H and O–H groups in total. The summed E-state index contributed by atoms with van der Waals surface area (Å²) in [4.78, 5) is 2.35. The summed E-state index contributed by atoms with van der Waals surface area (Å²) in [5.41, 5.74) is 0.791. The summed E-state index contributed by atoms with van der Waals surface area (Å²) in [7, 11) is 0. The number of hydrogen-bond acceptors (Lipinski definition) is 2. The zero-order chi connectivity index (χ0) is 13.7. The van der Waals surface area contributed by atoms with Crippen LogP contribution in [-0.4, -0.2) is 31.1 Å². The highest BCUT2D eigenvalue weighted by Gasteiger charge is 2.17. The maximum Gasteiger partial charge on any atom is 0.128 e. The van der Waals surface area contributed by atoms with Gasteiger partial charge in [0.1, 0.15) is 5.82 Å². The Hall–Kier alpha value is -0.450. The van der Waals surface area contributed by atoms with Crippen LogP contribution in [0, 0.1) is 11.7 Å². The molecule has 0 unspecified atom stereocenters. The lowest BCUT2D eigenvalue weighted by Crippen LogP contribution is -2.36. The number of nitrogens with one attached hydrogen (secondary N) is 1. The van der Waals surface area contributed by atoms with Crippen molar-refractivity contribution >= 4 is 15.9 Å². The molecule has 0 amide bonds. The Morgan fingerprint density at radius 2 is 2.11 bits per heavy atom. The highest BCUT2D eigenvalue weighted by atomic mass is 79.9. The standard InChI is InChI=1S/C15H22BrFN2/c1-2-19(10-12-5-7-18-8-6-12)11-13-3-4-14(16)9-15(13)17/h3-4,9,12,18H,2,5-8,10-11H2,1H3. The minimum Gasteiger partial charge on any atom is -0.317 e. The molecular formula is C15H22BrFN2. The van der Waals surface area contributed by atoms with Gasteiger partial charge in [-0.3, -0.25) is 4.90 Å². The van der Waals surface area contributed by atoms with Crippen molar-refractivity contribution in [3.05, 3.63) is 34.1 Å². The van der Waals surface area contributed by atoms with Crippen LogP contribution in [0.3, 0.4) is 0 Å². The topological polar surface area (TPSA) is 15.3 Å². The summed E-state index contributed by atoms with van der Waals surface area (Å²) < 4.78 is 14.7. The number of halogens is 2. The summed E-state index contributed by atoms with van der Waals surface area (Å²) in [5, 5.41) is 3.39. The fourth-order valence-corrected chi connectivity index (χ4v) is 2.96. The average Bonchev–Trinajstić information content (AvgIpc) is 2.42. The van der Waals surface area contributed by atoms with E-state index in [0.717, 1.165) is 42.1 Å². The van der Waals surface area contributed by atoms with E-state index in [4.69, 9.17) is 0 Å². The molecule has 1 fully saturated rings. The SMILES string of the molecule is CCN(Cc1ccc(Br)cc1F)CC1CCNCC1. The Morgan fingerprint density at radius 3 is 2.74 bits per heavy atom. The quantitative estimate of drug-likeness (QED) is 0.891. The van der Waals surface area contributed by atoms with Crippen LogP contribution in [-0.2, 0) is 6.54 Å². The molecule has 1 aromatic carbocycles. The van der Waals surface area contributed by atoms with Gasteiger partial charge in [-0.2, -0.15) is 0 Å². The van der Waals surface area contributed by atoms with Crippen molar-refractivity contribution in [2.45, 2.75) is 26.3 Å². The third kappa shape index (κ3) is 4.55. The van der Waals surface area contributed by atoms with Crippen LogP contribution >= 0.6 is 15.9 Å². The third-order valence-electron chi connectivity index (χ3n) is 3.83. The fraction of sp³-hybridized carbons (Fsp3) is 0.600. The minimum absolute atomic E-state index is 0.113. The predicted octanol–water partition coefficient (Wildman–Crippen LogP) is 3.41. The summed E-state index contributed by atoms with van der Waals surface area (Å²) in [6, 6.07) is 5.34. The lowest BCUT2D eigenvalue weighted by molar-refractivity contribution is 0.205. The molecule has 0 aromatic heterocycles. The lowest BCUT2D eigenvalue weighted by atomic mass is 9.97. The highest BCUT2D eigenvalue weighted by molar-refractivity contribution is 9.10. The highest BCUT2D eigenvalue weighted by Crippen LogP contribution is 2.19. The molecule has 0 saturated carbocycles. The molecule has 1 aromatic rings. The minimum atomic E-state index is -0.113. The van der Waals surface area contributed by atoms with Gasteiger partial charge in [-0.1, -0.05) is 28.9 Å². The van der Waals surface area contributed by atoms with Gasteiger partial charge in [0.05, 0.1) is 0 Å². The van der Waals surface area contributed by atoms with Crippen LogP contribution in [0.25, 0.3) is 0 Å². The largest absolute Gasteiger partial charge is 0.317 e. The van der Waals surface area contributed by atoms with E-state index in [0.29, 0.717) is 6.54 Å². The van der Waals surface area contributed by atoms with E-state index in [1.165, 1.54) is 12.8 Å². The summed E-state index contributed by atoms with van der Waals surface area (Å²) in [5.74, 6) is 0.637. The van der Waals surface area contributed by atoms with Crippen LogP contribution in [0.2, 0.25) is 0 Å². The van der Waals surface area contributed by atoms with E-state index in [2.05, 4.69) is 33.1 Å². The van der Waals surface area contributed by atoms with Crippen molar-refractivity contribution in [2.24, 2.45) is 5.92 Å². The number of nitrogens with zero attached hydrogens (tertiary/aromatic N) is 1. The predicted molar refractivity (Wildman–Crippen MR) is 80.6 cm³/mol. The van der Waals surface area contributed by atoms with Gasteiger partial charge in [0.2, 0.25) is 0 Å². The van der Waals surface area contributed by atoms with Crippen molar-refractivity contribution in [3.63, 3.8) is 0 Å². The summed E-state index contributed by atoms with van der Waals surface area (Å²) in [6.45, 7) is 7.15. The zero-order valence-electron chi connectivity index (χ0n) is 11.5. The average molecular weight is 329 g/mol. The van der Waals surface area contributed by atoms with Crippen LogP contribution in [0.1, 0.15) is 25.3 Å². The first kappa shape index (κ1) is 14.9. The number of rotatable bonds is 5. The van der Waals surface area contributed by atoms with E-state index in [-0.39, 0.29) is 5.82 Å². The molecule has 0 radical (unpaired) electrons. The van der Waals surface area contributed by atoms with Crippen molar-refractivity contribution in [1.29, 1.82) is 0 Å². The molecule has 0 spiro atoms. The molecule has 1 aliphatic rings. The van der Waals surface area contributed by atoms with Crippen molar-refractivity contribution in [1.82, 2.24) is 10.2 Å². The van der Waals surface area contributed by atoms with Gasteiger partial charge in [-0.25, -0.2) is 4.39 Å². The second kappa shape index (κ2) is 7.36. The third-order valence-corrected chi connectivity index (χ3v) is 4.32. The molecular weight excluding hydrogens is 307 g/mol.